The zero-order valence-electron chi connectivity index (χ0n) is 28.4. The number of aliphatic hydroxyl groups excluding tert-OH is 1. The molecule has 0 heterocycles. The zero-order chi connectivity index (χ0) is 30.8. The summed E-state index contributed by atoms with van der Waals surface area (Å²) in [6.45, 7) is 4.34. The third kappa shape index (κ3) is 30.2. The fourth-order valence-electron chi connectivity index (χ4n) is 5.62. The lowest BCUT2D eigenvalue weighted by Crippen LogP contribution is -2.22. The maximum Gasteiger partial charge on any atom is 0.138 e. The summed E-state index contributed by atoms with van der Waals surface area (Å²) >= 11 is 0. The number of carbonyl (C=O) groups is 2. The van der Waals surface area contributed by atoms with E-state index in [0.29, 0.717) is 12.8 Å². The van der Waals surface area contributed by atoms with Crippen LogP contribution >= 0.6 is 0 Å². The molecule has 0 saturated carbocycles. The van der Waals surface area contributed by atoms with Crippen molar-refractivity contribution >= 4 is 11.6 Å². The number of Topliss-reactive ketones (excluding diaryl/α,β-unsaturated/α-hetero) is 2. The second kappa shape index (κ2) is 34.3. The molecule has 0 rings (SSSR count). The smallest absolute Gasteiger partial charge is 0.138 e. The lowest BCUT2D eigenvalue weighted by Gasteiger charge is -2.12. The van der Waals surface area contributed by atoms with Gasteiger partial charge in [0.1, 0.15) is 11.6 Å². The third-order valence-corrected chi connectivity index (χ3v) is 8.55. The molecule has 0 aromatic heterocycles. The van der Waals surface area contributed by atoms with Gasteiger partial charge in [-0.1, -0.05) is 141 Å². The standard InChI is InChI=1S/C39H72O3/c1-3-5-7-9-11-13-15-17-19-21-23-25-27-29-31-33-38(41)35-37(36-40)39(42)34-32-30-28-26-24-22-20-18-16-14-12-10-8-6-4-2/h17-20,37,40H,3-16,21-36H2,1-2H3/b19-17-,20-18-. The predicted octanol–water partition coefficient (Wildman–Crippen LogP) is 12.2. The summed E-state index contributed by atoms with van der Waals surface area (Å²) in [4.78, 5) is 24.9. The number of unbranched alkanes of at least 4 members (excludes halogenated alkanes) is 22. The fraction of sp³-hybridized carbons (Fsp3) is 0.846. The number of rotatable bonds is 34. The molecule has 0 aromatic carbocycles. The number of hydrogen-bond acceptors (Lipinski definition) is 3. The summed E-state index contributed by atoms with van der Waals surface area (Å²) in [7, 11) is 0. The average Bonchev–Trinajstić information content (AvgIpc) is 2.99. The van der Waals surface area contributed by atoms with Gasteiger partial charge in [0.15, 0.2) is 0 Å². The van der Waals surface area contributed by atoms with Crippen LogP contribution in [0.25, 0.3) is 0 Å². The minimum Gasteiger partial charge on any atom is -0.396 e. The van der Waals surface area contributed by atoms with E-state index in [1.807, 2.05) is 0 Å². The average molecular weight is 589 g/mol. The second-order valence-corrected chi connectivity index (χ2v) is 12.8. The number of ketones is 2. The van der Waals surface area contributed by atoms with Gasteiger partial charge in [-0.25, -0.2) is 0 Å². The van der Waals surface area contributed by atoms with E-state index in [1.165, 1.54) is 135 Å². The molecule has 0 fully saturated rings. The molecule has 0 spiro atoms. The molecule has 0 aliphatic rings. The van der Waals surface area contributed by atoms with Crippen molar-refractivity contribution < 1.29 is 14.7 Å². The number of carbonyl (C=O) groups excluding carboxylic acids is 2. The predicted molar refractivity (Wildman–Crippen MR) is 184 cm³/mol. The molecule has 0 aliphatic carbocycles. The Balaban J connectivity index is 3.61. The zero-order valence-corrected chi connectivity index (χ0v) is 28.4. The monoisotopic (exact) mass is 589 g/mol. The second-order valence-electron chi connectivity index (χ2n) is 12.8. The van der Waals surface area contributed by atoms with E-state index in [4.69, 9.17) is 0 Å². The summed E-state index contributed by atoms with van der Waals surface area (Å²) in [6, 6.07) is 0. The molecule has 42 heavy (non-hydrogen) atoms. The van der Waals surface area contributed by atoms with Crippen molar-refractivity contribution in [2.75, 3.05) is 6.61 Å². The number of aliphatic hydroxyl groups is 1. The van der Waals surface area contributed by atoms with E-state index < -0.39 is 5.92 Å². The van der Waals surface area contributed by atoms with Gasteiger partial charge in [0, 0.05) is 25.2 Å². The maximum atomic E-state index is 12.5. The molecule has 0 amide bonds. The van der Waals surface area contributed by atoms with Crippen molar-refractivity contribution in [3.8, 4) is 0 Å². The minimum absolute atomic E-state index is 0.0769. The van der Waals surface area contributed by atoms with Crippen molar-refractivity contribution in [3.05, 3.63) is 24.3 Å². The van der Waals surface area contributed by atoms with Crippen molar-refractivity contribution in [2.45, 2.75) is 200 Å². The topological polar surface area (TPSA) is 54.4 Å². The number of allylic oxidation sites excluding steroid dienone is 4. The highest BCUT2D eigenvalue weighted by Gasteiger charge is 2.20. The van der Waals surface area contributed by atoms with Crippen LogP contribution < -0.4 is 0 Å². The van der Waals surface area contributed by atoms with Gasteiger partial charge < -0.3 is 5.11 Å². The molecule has 246 valence electrons. The van der Waals surface area contributed by atoms with E-state index in [-0.39, 0.29) is 24.6 Å². The first-order valence-corrected chi connectivity index (χ1v) is 18.6. The third-order valence-electron chi connectivity index (χ3n) is 8.55. The summed E-state index contributed by atoms with van der Waals surface area (Å²) in [6.07, 6.45) is 43.0. The fourth-order valence-corrected chi connectivity index (χ4v) is 5.62. The first kappa shape index (κ1) is 40.8. The van der Waals surface area contributed by atoms with Crippen LogP contribution in [0.1, 0.15) is 200 Å². The molecule has 0 radical (unpaired) electrons. The Labute approximate surface area is 262 Å². The summed E-state index contributed by atoms with van der Waals surface area (Å²) in [5.74, 6) is -0.269. The van der Waals surface area contributed by atoms with E-state index in [0.717, 1.165) is 32.1 Å². The highest BCUT2D eigenvalue weighted by Crippen LogP contribution is 2.16. The Morgan fingerprint density at radius 1 is 0.476 bits per heavy atom. The van der Waals surface area contributed by atoms with Crippen LogP contribution in [-0.4, -0.2) is 23.3 Å². The van der Waals surface area contributed by atoms with Crippen molar-refractivity contribution in [1.29, 1.82) is 0 Å². The van der Waals surface area contributed by atoms with Gasteiger partial charge in [-0.05, 0) is 64.2 Å². The van der Waals surface area contributed by atoms with Gasteiger partial charge in [-0.2, -0.15) is 0 Å². The lowest BCUT2D eigenvalue weighted by atomic mass is 9.93. The Hall–Kier alpha value is -1.22. The van der Waals surface area contributed by atoms with Crippen LogP contribution in [0.15, 0.2) is 24.3 Å². The van der Waals surface area contributed by atoms with Crippen molar-refractivity contribution in [3.63, 3.8) is 0 Å². The quantitative estimate of drug-likeness (QED) is 0.0601. The Kier molecular flexibility index (Phi) is 33.3. The SMILES string of the molecule is CCCCCCCC/C=C\CCCCCCCC(=O)CC(CO)C(=O)CCCCCCC/C=C\CCCCCCCC. The molecule has 1 atom stereocenters. The highest BCUT2D eigenvalue weighted by molar-refractivity contribution is 5.88. The molecular formula is C39H72O3. The molecule has 1 unspecified atom stereocenters. The van der Waals surface area contributed by atoms with Gasteiger partial charge >= 0.3 is 0 Å². The van der Waals surface area contributed by atoms with E-state index in [1.54, 1.807) is 0 Å². The summed E-state index contributed by atoms with van der Waals surface area (Å²) in [5, 5.41) is 9.69. The first-order valence-electron chi connectivity index (χ1n) is 18.6. The summed E-state index contributed by atoms with van der Waals surface area (Å²) < 4.78 is 0. The Morgan fingerprint density at radius 3 is 1.19 bits per heavy atom. The molecule has 1 N–H and O–H groups in total. The van der Waals surface area contributed by atoms with Crippen LogP contribution in [0.5, 0.6) is 0 Å². The van der Waals surface area contributed by atoms with Crippen molar-refractivity contribution in [2.24, 2.45) is 5.92 Å². The van der Waals surface area contributed by atoms with Crippen LogP contribution in [0.2, 0.25) is 0 Å². The molecule has 0 bridgehead atoms. The molecule has 0 saturated heterocycles. The van der Waals surface area contributed by atoms with Gasteiger partial charge in [0.25, 0.3) is 0 Å². The lowest BCUT2D eigenvalue weighted by molar-refractivity contribution is -0.129. The van der Waals surface area contributed by atoms with Gasteiger partial charge in [0.05, 0.1) is 6.61 Å². The normalized spacial score (nSPS) is 12.5. The van der Waals surface area contributed by atoms with Crippen LogP contribution in [0, 0.1) is 5.92 Å². The van der Waals surface area contributed by atoms with E-state index in [2.05, 4.69) is 38.2 Å². The molecule has 3 nitrogen and oxygen atoms in total. The van der Waals surface area contributed by atoms with Crippen LogP contribution in [0.4, 0.5) is 0 Å². The van der Waals surface area contributed by atoms with Gasteiger partial charge in [0.2, 0.25) is 0 Å². The Morgan fingerprint density at radius 2 is 0.810 bits per heavy atom. The van der Waals surface area contributed by atoms with E-state index >= 15 is 0 Å². The van der Waals surface area contributed by atoms with Crippen molar-refractivity contribution in [1.82, 2.24) is 0 Å². The largest absolute Gasteiger partial charge is 0.396 e. The van der Waals surface area contributed by atoms with Crippen LogP contribution in [-0.2, 0) is 9.59 Å². The molecule has 0 aliphatic heterocycles. The Bertz CT molecular complexity index is 636. The highest BCUT2D eigenvalue weighted by atomic mass is 16.3. The van der Waals surface area contributed by atoms with Crippen LogP contribution in [0.3, 0.4) is 0 Å². The molecular weight excluding hydrogens is 516 g/mol. The minimum atomic E-state index is -0.489. The summed E-state index contributed by atoms with van der Waals surface area (Å²) in [5.41, 5.74) is 0. The molecule has 3 heteroatoms. The number of hydrogen-bond donors (Lipinski definition) is 1. The molecule has 0 aromatic rings. The first-order chi connectivity index (χ1) is 20.7. The maximum absolute atomic E-state index is 12.5. The van der Waals surface area contributed by atoms with Gasteiger partial charge in [-0.3, -0.25) is 9.59 Å². The van der Waals surface area contributed by atoms with Gasteiger partial charge in [-0.15, -0.1) is 0 Å². The van der Waals surface area contributed by atoms with E-state index in [9.17, 15) is 14.7 Å².